The molecule has 0 saturated heterocycles. The van der Waals surface area contributed by atoms with Crippen molar-refractivity contribution < 1.29 is 23.4 Å². The van der Waals surface area contributed by atoms with Crippen LogP contribution in [0.1, 0.15) is 52.2 Å². The summed E-state index contributed by atoms with van der Waals surface area (Å²) in [5.74, 6) is 0.719. The molecular weight excluding hydrogens is 480 g/mol. The Hall–Kier alpha value is -2.25. The molecule has 0 aliphatic heterocycles. The predicted octanol–water partition coefficient (Wildman–Crippen LogP) is 7.11. The Bertz CT molecular complexity index is 1040. The van der Waals surface area contributed by atoms with Crippen LogP contribution in [0.15, 0.2) is 66.7 Å². The average molecular weight is 525 g/mol. The number of ketones is 1. The van der Waals surface area contributed by atoms with Crippen LogP contribution in [0.5, 0.6) is 5.75 Å². The van der Waals surface area contributed by atoms with Gasteiger partial charge in [-0.1, -0.05) is 83.2 Å². The van der Waals surface area contributed by atoms with Crippen molar-refractivity contribution in [2.24, 2.45) is 5.41 Å². The summed E-state index contributed by atoms with van der Waals surface area (Å²) in [6, 6.07) is 17.7. The number of hydrogen-bond acceptors (Lipinski definition) is 5. The largest absolute Gasteiger partial charge is 0.497 e. The van der Waals surface area contributed by atoms with Crippen molar-refractivity contribution in [1.29, 1.82) is 0 Å². The lowest BCUT2D eigenvalue weighted by molar-refractivity contribution is -0.169. The number of ether oxygens (including phenoxy) is 3. The molecule has 3 atom stereocenters. The van der Waals surface area contributed by atoms with E-state index < -0.39 is 25.9 Å². The Kier molecular flexibility index (Phi) is 9.56. The second-order valence-corrected chi connectivity index (χ2v) is 16.8. The van der Waals surface area contributed by atoms with Gasteiger partial charge in [-0.25, -0.2) is 0 Å². The molecule has 0 bridgehead atoms. The Morgan fingerprint density at radius 1 is 0.919 bits per heavy atom. The minimum Gasteiger partial charge on any atom is -0.497 e. The molecule has 2 aromatic rings. The molecule has 0 amide bonds. The van der Waals surface area contributed by atoms with Gasteiger partial charge in [0.05, 0.1) is 32.5 Å². The molecule has 1 aliphatic rings. The number of carbonyl (C=O) groups excluding carboxylic acids is 1. The summed E-state index contributed by atoms with van der Waals surface area (Å²) in [5.41, 5.74) is 1.52. The lowest BCUT2D eigenvalue weighted by Gasteiger charge is -2.48. The summed E-state index contributed by atoms with van der Waals surface area (Å²) >= 11 is 0. The van der Waals surface area contributed by atoms with Crippen LogP contribution in [0.2, 0.25) is 18.1 Å². The first-order valence-electron chi connectivity index (χ1n) is 13.1. The van der Waals surface area contributed by atoms with Crippen LogP contribution < -0.4 is 4.74 Å². The van der Waals surface area contributed by atoms with Gasteiger partial charge in [0.25, 0.3) is 0 Å². The van der Waals surface area contributed by atoms with Crippen molar-refractivity contribution in [3.63, 3.8) is 0 Å². The highest BCUT2D eigenvalue weighted by Crippen LogP contribution is 2.43. The van der Waals surface area contributed by atoms with E-state index in [0.29, 0.717) is 19.6 Å². The fraction of sp³-hybridized carbons (Fsp3) is 0.516. The van der Waals surface area contributed by atoms with Crippen molar-refractivity contribution >= 4 is 14.1 Å². The number of carbonyl (C=O) groups is 1. The van der Waals surface area contributed by atoms with E-state index in [2.05, 4.69) is 47.7 Å². The van der Waals surface area contributed by atoms with Gasteiger partial charge in [-0.2, -0.15) is 0 Å². The van der Waals surface area contributed by atoms with Crippen molar-refractivity contribution in [2.45, 2.75) is 90.7 Å². The predicted molar refractivity (Wildman–Crippen MR) is 151 cm³/mol. The van der Waals surface area contributed by atoms with Gasteiger partial charge < -0.3 is 18.6 Å². The smallest absolute Gasteiger partial charge is 0.192 e. The number of benzene rings is 2. The molecule has 0 heterocycles. The minimum absolute atomic E-state index is 0.0631. The van der Waals surface area contributed by atoms with E-state index in [1.165, 1.54) is 0 Å². The molecule has 2 aromatic carbocycles. The third-order valence-electron chi connectivity index (χ3n) is 7.85. The van der Waals surface area contributed by atoms with Gasteiger partial charge in [0.1, 0.15) is 11.9 Å². The van der Waals surface area contributed by atoms with Crippen molar-refractivity contribution in [3.05, 3.63) is 77.9 Å². The van der Waals surface area contributed by atoms with Crippen LogP contribution in [-0.4, -0.2) is 39.5 Å². The molecule has 6 heteroatoms. The summed E-state index contributed by atoms with van der Waals surface area (Å²) in [4.78, 5) is 13.4. The van der Waals surface area contributed by atoms with Crippen LogP contribution in [0.3, 0.4) is 0 Å². The lowest BCUT2D eigenvalue weighted by Crippen LogP contribution is -2.56. The second kappa shape index (κ2) is 12.1. The molecule has 37 heavy (non-hydrogen) atoms. The van der Waals surface area contributed by atoms with Gasteiger partial charge in [0, 0.05) is 5.41 Å². The molecule has 1 aliphatic carbocycles. The maximum Gasteiger partial charge on any atom is 0.192 e. The molecule has 0 N–H and O–H groups in total. The molecule has 0 aromatic heterocycles. The van der Waals surface area contributed by atoms with Crippen molar-refractivity contribution in [3.8, 4) is 5.75 Å². The van der Waals surface area contributed by atoms with E-state index in [1.807, 2.05) is 60.7 Å². The van der Waals surface area contributed by atoms with Crippen LogP contribution >= 0.6 is 0 Å². The van der Waals surface area contributed by atoms with E-state index in [9.17, 15) is 4.79 Å². The normalized spacial score (nSPS) is 23.2. The fourth-order valence-corrected chi connectivity index (χ4v) is 5.77. The number of rotatable bonds is 9. The standard InChI is InChI=1S/C31H44O5Si/c1-30(2,3)37(7,8)36-27-16-12-15-26(32)28(34-21-23-13-10-9-11-14-23)29(31(27,4)5)35-22-24-17-19-25(33-6)20-18-24/h9-15,17-20,27-29H,16,21-22H2,1-8H3/b15-12-/t27-,28-,29-/m0/s1. The van der Waals surface area contributed by atoms with E-state index >= 15 is 0 Å². The zero-order valence-corrected chi connectivity index (χ0v) is 24.7. The van der Waals surface area contributed by atoms with Crippen LogP contribution in [0, 0.1) is 5.41 Å². The lowest BCUT2D eigenvalue weighted by atomic mass is 9.75. The van der Waals surface area contributed by atoms with E-state index in [1.54, 1.807) is 13.2 Å². The monoisotopic (exact) mass is 524 g/mol. The summed E-state index contributed by atoms with van der Waals surface area (Å²) in [6.45, 7) is 16.3. The fourth-order valence-electron chi connectivity index (χ4n) is 4.30. The minimum atomic E-state index is -2.09. The highest BCUT2D eigenvalue weighted by Gasteiger charge is 2.49. The Morgan fingerprint density at radius 3 is 2.11 bits per heavy atom. The summed E-state index contributed by atoms with van der Waals surface area (Å²) in [7, 11) is -0.435. The van der Waals surface area contributed by atoms with Crippen molar-refractivity contribution in [1.82, 2.24) is 0 Å². The van der Waals surface area contributed by atoms with E-state index in [4.69, 9.17) is 18.6 Å². The Balaban J connectivity index is 1.94. The van der Waals surface area contributed by atoms with Gasteiger partial charge in [0.15, 0.2) is 14.1 Å². The third-order valence-corrected chi connectivity index (χ3v) is 12.3. The molecule has 0 spiro atoms. The molecule has 0 saturated carbocycles. The Morgan fingerprint density at radius 2 is 1.51 bits per heavy atom. The zero-order valence-electron chi connectivity index (χ0n) is 23.7. The molecule has 0 radical (unpaired) electrons. The molecule has 0 unspecified atom stereocenters. The number of hydrogen-bond donors (Lipinski definition) is 0. The van der Waals surface area contributed by atoms with Gasteiger partial charge >= 0.3 is 0 Å². The average Bonchev–Trinajstić information content (AvgIpc) is 2.84. The second-order valence-electron chi connectivity index (χ2n) is 12.0. The summed E-state index contributed by atoms with van der Waals surface area (Å²) < 4.78 is 25.2. The van der Waals surface area contributed by atoms with Gasteiger partial charge in [-0.3, -0.25) is 4.79 Å². The summed E-state index contributed by atoms with van der Waals surface area (Å²) in [5, 5.41) is 0.0631. The quantitative estimate of drug-likeness (QED) is 0.327. The van der Waals surface area contributed by atoms with Gasteiger partial charge in [-0.05, 0) is 53.9 Å². The summed E-state index contributed by atoms with van der Waals surface area (Å²) in [6.07, 6.45) is 2.86. The number of methoxy groups -OCH3 is 1. The van der Waals surface area contributed by atoms with Gasteiger partial charge in [-0.15, -0.1) is 0 Å². The van der Waals surface area contributed by atoms with Crippen LogP contribution in [-0.2, 0) is 31.9 Å². The maximum atomic E-state index is 13.4. The SMILES string of the molecule is COc1ccc(CO[C@H]2[C@@H](OCc3ccccc3)C(=O)/C=C\C[C@H](O[Si](C)(C)C(C)(C)C)C2(C)C)cc1. The first-order valence-corrected chi connectivity index (χ1v) is 16.0. The molecule has 202 valence electrons. The van der Waals surface area contributed by atoms with E-state index in [0.717, 1.165) is 16.9 Å². The van der Waals surface area contributed by atoms with Crippen LogP contribution in [0.25, 0.3) is 0 Å². The van der Waals surface area contributed by atoms with Crippen LogP contribution in [0.4, 0.5) is 0 Å². The van der Waals surface area contributed by atoms with Gasteiger partial charge in [0.2, 0.25) is 0 Å². The molecular formula is C31H44O5Si. The third kappa shape index (κ3) is 7.41. The highest BCUT2D eigenvalue weighted by molar-refractivity contribution is 6.74. The van der Waals surface area contributed by atoms with E-state index in [-0.39, 0.29) is 16.9 Å². The zero-order chi connectivity index (χ0) is 27.3. The van der Waals surface area contributed by atoms with Crippen molar-refractivity contribution in [2.75, 3.05) is 7.11 Å². The molecule has 5 nitrogen and oxygen atoms in total. The first-order chi connectivity index (χ1) is 17.3. The first kappa shape index (κ1) is 29.3. The molecule has 3 rings (SSSR count). The topological polar surface area (TPSA) is 54.0 Å². The molecule has 0 fully saturated rings. The maximum absolute atomic E-state index is 13.4. The highest BCUT2D eigenvalue weighted by atomic mass is 28.4. The Labute approximate surface area is 224 Å².